The van der Waals surface area contributed by atoms with Gasteiger partial charge in [0.15, 0.2) is 0 Å². The summed E-state index contributed by atoms with van der Waals surface area (Å²) in [6.07, 6.45) is 1.57. The molecule has 3 aromatic heterocycles. The van der Waals surface area contributed by atoms with Crippen molar-refractivity contribution < 1.29 is 13.6 Å². The van der Waals surface area contributed by atoms with Gasteiger partial charge in [-0.2, -0.15) is 8.78 Å². The van der Waals surface area contributed by atoms with E-state index < -0.39 is 11.7 Å². The Morgan fingerprint density at radius 2 is 1.97 bits per heavy atom. The van der Waals surface area contributed by atoms with Crippen LogP contribution in [0.3, 0.4) is 0 Å². The monoisotopic (exact) mass is 433 g/mol. The molecule has 1 amide bonds. The summed E-state index contributed by atoms with van der Waals surface area (Å²) in [6, 6.07) is 3.17. The highest BCUT2D eigenvalue weighted by atomic mass is 32.1. The summed E-state index contributed by atoms with van der Waals surface area (Å²) in [7, 11) is 1.83. The fraction of sp³-hybridized carbons (Fsp3) is 0.316. The van der Waals surface area contributed by atoms with Crippen molar-refractivity contribution in [1.82, 2.24) is 25.3 Å². The molecule has 11 heteroatoms. The van der Waals surface area contributed by atoms with Gasteiger partial charge < -0.3 is 16.0 Å². The molecule has 3 N–H and O–H groups in total. The Morgan fingerprint density at radius 3 is 2.63 bits per heavy atom. The lowest BCUT2D eigenvalue weighted by Crippen LogP contribution is -2.14. The average molecular weight is 433 g/mol. The summed E-state index contributed by atoms with van der Waals surface area (Å²) in [5.74, 6) is -3.52. The summed E-state index contributed by atoms with van der Waals surface area (Å²) in [5, 5.41) is 11.3. The molecule has 0 fully saturated rings. The highest BCUT2D eigenvalue weighted by Gasteiger charge is 2.29. The van der Waals surface area contributed by atoms with Crippen LogP contribution in [-0.2, 0) is 17.3 Å². The van der Waals surface area contributed by atoms with Crippen LogP contribution in [0.4, 0.5) is 26.1 Å². The van der Waals surface area contributed by atoms with Crippen LogP contribution in [0.2, 0.25) is 0 Å². The van der Waals surface area contributed by atoms with Gasteiger partial charge in [0.25, 0.3) is 0 Å². The molecule has 0 aliphatic carbocycles. The minimum absolute atomic E-state index is 0.201. The number of alkyl halides is 2. The fourth-order valence-electron chi connectivity index (χ4n) is 2.64. The van der Waals surface area contributed by atoms with Gasteiger partial charge in [-0.25, -0.2) is 19.9 Å². The summed E-state index contributed by atoms with van der Waals surface area (Å²) < 4.78 is 27.5. The maximum absolute atomic E-state index is 13.8. The molecule has 30 heavy (non-hydrogen) atoms. The zero-order chi connectivity index (χ0) is 21.9. The van der Waals surface area contributed by atoms with Gasteiger partial charge in [0.2, 0.25) is 11.7 Å². The zero-order valence-electron chi connectivity index (χ0n) is 16.9. The molecule has 0 atom stereocenters. The summed E-state index contributed by atoms with van der Waals surface area (Å²) in [6.45, 7) is 4.34. The third kappa shape index (κ3) is 5.30. The molecule has 0 spiro atoms. The number of amides is 1. The second-order valence-electron chi connectivity index (χ2n) is 6.70. The number of thiazole rings is 1. The van der Waals surface area contributed by atoms with E-state index in [1.54, 1.807) is 25.3 Å². The Hall–Kier alpha value is -3.05. The first kappa shape index (κ1) is 21.7. The van der Waals surface area contributed by atoms with Gasteiger partial charge in [0.1, 0.15) is 16.6 Å². The van der Waals surface area contributed by atoms with Gasteiger partial charge in [-0.3, -0.25) is 4.79 Å². The van der Waals surface area contributed by atoms with E-state index in [9.17, 15) is 13.6 Å². The third-order valence-electron chi connectivity index (χ3n) is 3.86. The topological polar surface area (TPSA) is 105 Å². The lowest BCUT2D eigenvalue weighted by atomic mass is 10.2. The highest BCUT2D eigenvalue weighted by molar-refractivity contribution is 7.13. The van der Waals surface area contributed by atoms with E-state index in [2.05, 4.69) is 35.9 Å². The van der Waals surface area contributed by atoms with Gasteiger partial charge in [-0.15, -0.1) is 11.3 Å². The van der Waals surface area contributed by atoms with Crippen LogP contribution < -0.4 is 16.0 Å². The molecule has 3 heterocycles. The fourth-order valence-corrected chi connectivity index (χ4v) is 3.48. The number of aryl methyl sites for hydroxylation is 1. The number of anilines is 3. The van der Waals surface area contributed by atoms with Gasteiger partial charge in [-0.1, -0.05) is 0 Å². The number of pyridine rings is 1. The number of hydrogen-bond donors (Lipinski definition) is 3. The number of hydrogen-bond acceptors (Lipinski definition) is 8. The van der Waals surface area contributed by atoms with Crippen molar-refractivity contribution in [3.63, 3.8) is 0 Å². The zero-order valence-corrected chi connectivity index (χ0v) is 17.7. The summed E-state index contributed by atoms with van der Waals surface area (Å²) in [5.41, 5.74) is 2.42. The Labute approximate surface area is 176 Å². The Morgan fingerprint density at radius 1 is 1.20 bits per heavy atom. The van der Waals surface area contributed by atoms with Crippen LogP contribution in [0.25, 0.3) is 10.6 Å². The number of rotatable bonds is 7. The number of halogens is 2. The number of carbonyl (C=O) groups excluding carboxylic acids is 1. The van der Waals surface area contributed by atoms with Gasteiger partial charge in [0, 0.05) is 49.8 Å². The second kappa shape index (κ2) is 8.76. The van der Waals surface area contributed by atoms with Crippen molar-refractivity contribution in [3.05, 3.63) is 40.9 Å². The quantitative estimate of drug-likeness (QED) is 0.520. The Balaban J connectivity index is 2.04. The van der Waals surface area contributed by atoms with Crippen LogP contribution in [0.15, 0.2) is 23.7 Å². The van der Waals surface area contributed by atoms with E-state index >= 15 is 0 Å². The van der Waals surface area contributed by atoms with Crippen LogP contribution in [0.1, 0.15) is 31.1 Å². The SMILES string of the molecule is CNCc1csc(-c2cnc(NC(C)=O)cc2Nc2cc(C)nc(C(C)(F)F)n2)n1. The number of nitrogens with zero attached hydrogens (tertiary/aromatic N) is 4. The van der Waals surface area contributed by atoms with E-state index in [-0.39, 0.29) is 11.7 Å². The van der Waals surface area contributed by atoms with Crippen LogP contribution in [0.5, 0.6) is 0 Å². The molecule has 158 valence electrons. The van der Waals surface area contributed by atoms with E-state index in [0.29, 0.717) is 34.3 Å². The molecule has 0 unspecified atom stereocenters. The van der Waals surface area contributed by atoms with Crippen molar-refractivity contribution in [1.29, 1.82) is 0 Å². The maximum Gasteiger partial charge on any atom is 0.303 e. The normalized spacial score (nSPS) is 11.4. The predicted octanol–water partition coefficient (Wildman–Crippen LogP) is 3.84. The van der Waals surface area contributed by atoms with Crippen LogP contribution in [-0.4, -0.2) is 32.9 Å². The van der Waals surface area contributed by atoms with Crippen molar-refractivity contribution in [2.75, 3.05) is 17.7 Å². The molecule has 0 aliphatic heterocycles. The Bertz CT molecular complexity index is 1070. The van der Waals surface area contributed by atoms with Gasteiger partial charge in [-0.05, 0) is 14.0 Å². The molecular formula is C19H21F2N7OS. The predicted molar refractivity (Wildman–Crippen MR) is 112 cm³/mol. The minimum atomic E-state index is -3.18. The lowest BCUT2D eigenvalue weighted by Gasteiger charge is -2.15. The van der Waals surface area contributed by atoms with Crippen molar-refractivity contribution in [3.8, 4) is 10.6 Å². The van der Waals surface area contributed by atoms with Crippen molar-refractivity contribution in [2.45, 2.75) is 33.2 Å². The van der Waals surface area contributed by atoms with E-state index in [1.165, 1.54) is 18.3 Å². The number of aromatic nitrogens is 4. The lowest BCUT2D eigenvalue weighted by molar-refractivity contribution is -0.114. The molecule has 0 saturated heterocycles. The van der Waals surface area contributed by atoms with Crippen molar-refractivity contribution >= 4 is 34.6 Å². The minimum Gasteiger partial charge on any atom is -0.339 e. The summed E-state index contributed by atoms with van der Waals surface area (Å²) >= 11 is 1.43. The Kier molecular flexibility index (Phi) is 6.32. The third-order valence-corrected chi connectivity index (χ3v) is 4.78. The van der Waals surface area contributed by atoms with E-state index in [0.717, 1.165) is 12.6 Å². The molecular weight excluding hydrogens is 412 g/mol. The highest BCUT2D eigenvalue weighted by Crippen LogP contribution is 2.34. The largest absolute Gasteiger partial charge is 0.339 e. The molecule has 0 saturated carbocycles. The molecule has 0 radical (unpaired) electrons. The molecule has 0 bridgehead atoms. The smallest absolute Gasteiger partial charge is 0.303 e. The molecule has 3 rings (SSSR count). The number of carbonyl (C=O) groups is 1. The molecule has 8 nitrogen and oxygen atoms in total. The van der Waals surface area contributed by atoms with Crippen molar-refractivity contribution in [2.24, 2.45) is 0 Å². The molecule has 0 aliphatic rings. The standard InChI is InChI=1S/C19H21F2N7OS/c1-10-5-16(28-18(24-10)19(3,20)21)27-14-6-15(25-11(2)29)23-8-13(14)17-26-12(7-22-4)9-30-17/h5-6,8-9,22H,7H2,1-4H3,(H2,23,24,25,27,28,29). The first-order valence-electron chi connectivity index (χ1n) is 9.03. The van der Waals surface area contributed by atoms with Crippen LogP contribution in [0, 0.1) is 6.92 Å². The van der Waals surface area contributed by atoms with E-state index in [1.807, 2.05) is 12.4 Å². The van der Waals surface area contributed by atoms with Gasteiger partial charge in [0.05, 0.1) is 16.9 Å². The van der Waals surface area contributed by atoms with Gasteiger partial charge >= 0.3 is 5.92 Å². The summed E-state index contributed by atoms with van der Waals surface area (Å²) in [4.78, 5) is 28.0. The maximum atomic E-state index is 13.8. The first-order valence-corrected chi connectivity index (χ1v) is 9.91. The molecule has 0 aromatic carbocycles. The van der Waals surface area contributed by atoms with Crippen LogP contribution >= 0.6 is 11.3 Å². The second-order valence-corrected chi connectivity index (χ2v) is 7.56. The first-order chi connectivity index (χ1) is 14.2. The van der Waals surface area contributed by atoms with E-state index in [4.69, 9.17) is 0 Å². The number of nitrogens with one attached hydrogen (secondary N) is 3. The average Bonchev–Trinajstić information content (AvgIpc) is 3.09. The molecule has 3 aromatic rings.